The van der Waals surface area contributed by atoms with E-state index in [1.165, 1.54) is 18.3 Å². The predicted molar refractivity (Wildman–Crippen MR) is 78.6 cm³/mol. The van der Waals surface area contributed by atoms with Crippen LogP contribution in [0, 0.1) is 0 Å². The van der Waals surface area contributed by atoms with E-state index in [1.807, 2.05) is 14.0 Å². The summed E-state index contributed by atoms with van der Waals surface area (Å²) in [7, 11) is 1.83. The molecular weight excluding hydrogens is 337 g/mol. The van der Waals surface area contributed by atoms with E-state index in [-0.39, 0.29) is 30.2 Å². The van der Waals surface area contributed by atoms with Crippen molar-refractivity contribution >= 4 is 12.4 Å². The summed E-state index contributed by atoms with van der Waals surface area (Å²) in [6.07, 6.45) is -2.48. The first-order valence-corrected chi connectivity index (χ1v) is 6.53. The SMILES string of the molecule is CNC(C)Cc1noc(-c2ccc(OCC(F)(F)F)nc2)n1.Cl. The van der Waals surface area contributed by atoms with Gasteiger partial charge in [-0.1, -0.05) is 5.16 Å². The lowest BCUT2D eigenvalue weighted by Crippen LogP contribution is -2.24. The Morgan fingerprint density at radius 2 is 2.09 bits per heavy atom. The molecule has 1 atom stereocenters. The molecule has 0 aliphatic rings. The van der Waals surface area contributed by atoms with Crippen LogP contribution in [0.1, 0.15) is 12.7 Å². The topological polar surface area (TPSA) is 73.1 Å². The normalized spacial score (nSPS) is 12.6. The highest BCUT2D eigenvalue weighted by Gasteiger charge is 2.28. The van der Waals surface area contributed by atoms with Gasteiger partial charge < -0.3 is 14.6 Å². The van der Waals surface area contributed by atoms with Crippen LogP contribution in [0.4, 0.5) is 13.2 Å². The molecule has 0 aliphatic carbocycles. The van der Waals surface area contributed by atoms with Gasteiger partial charge in [-0.25, -0.2) is 4.98 Å². The van der Waals surface area contributed by atoms with Crippen molar-refractivity contribution in [1.82, 2.24) is 20.4 Å². The van der Waals surface area contributed by atoms with E-state index in [1.54, 1.807) is 0 Å². The van der Waals surface area contributed by atoms with Crippen molar-refractivity contribution in [2.24, 2.45) is 0 Å². The van der Waals surface area contributed by atoms with Gasteiger partial charge in [0, 0.05) is 24.7 Å². The van der Waals surface area contributed by atoms with Crippen LogP contribution in [0.15, 0.2) is 22.9 Å². The Bertz CT molecular complexity index is 604. The highest BCUT2D eigenvalue weighted by molar-refractivity contribution is 5.85. The van der Waals surface area contributed by atoms with Gasteiger partial charge in [-0.2, -0.15) is 18.2 Å². The maximum Gasteiger partial charge on any atom is 0.422 e. The number of halogens is 4. The van der Waals surface area contributed by atoms with Gasteiger partial charge in [0.2, 0.25) is 5.88 Å². The van der Waals surface area contributed by atoms with Gasteiger partial charge in [0.05, 0.1) is 5.56 Å². The Labute approximate surface area is 136 Å². The van der Waals surface area contributed by atoms with E-state index in [0.29, 0.717) is 17.8 Å². The fourth-order valence-electron chi connectivity index (χ4n) is 1.58. The number of hydrogen-bond donors (Lipinski definition) is 1. The zero-order chi connectivity index (χ0) is 16.2. The van der Waals surface area contributed by atoms with Crippen LogP contribution in [-0.2, 0) is 6.42 Å². The Morgan fingerprint density at radius 1 is 1.35 bits per heavy atom. The second-order valence-electron chi connectivity index (χ2n) is 4.70. The lowest BCUT2D eigenvalue weighted by atomic mass is 10.2. The number of ether oxygens (including phenoxy) is 1. The van der Waals surface area contributed by atoms with Gasteiger partial charge >= 0.3 is 6.18 Å². The monoisotopic (exact) mass is 352 g/mol. The quantitative estimate of drug-likeness (QED) is 0.861. The standard InChI is InChI=1S/C13H15F3N4O2.ClH/c1-8(17-2)5-10-19-12(22-20-10)9-3-4-11(18-6-9)21-7-13(14,15)16;/h3-4,6,8,17H,5,7H2,1-2H3;1H. The maximum absolute atomic E-state index is 12.0. The average molecular weight is 353 g/mol. The van der Waals surface area contributed by atoms with Crippen molar-refractivity contribution in [3.8, 4) is 17.3 Å². The van der Waals surface area contributed by atoms with Crippen LogP contribution in [-0.4, -0.2) is 41.0 Å². The van der Waals surface area contributed by atoms with Crippen molar-refractivity contribution < 1.29 is 22.4 Å². The highest BCUT2D eigenvalue weighted by atomic mass is 35.5. The molecular formula is C13H16ClF3N4O2. The van der Waals surface area contributed by atoms with Crippen molar-refractivity contribution in [3.63, 3.8) is 0 Å². The third-order valence-electron chi connectivity index (χ3n) is 2.82. The fourth-order valence-corrected chi connectivity index (χ4v) is 1.58. The van der Waals surface area contributed by atoms with Gasteiger partial charge in [0.25, 0.3) is 5.89 Å². The average Bonchev–Trinajstić information content (AvgIpc) is 2.93. The second kappa shape index (κ2) is 8.11. The summed E-state index contributed by atoms with van der Waals surface area (Å²) in [5.41, 5.74) is 0.509. The predicted octanol–water partition coefficient (Wildman–Crippen LogP) is 2.64. The molecule has 0 bridgehead atoms. The number of hydrogen-bond acceptors (Lipinski definition) is 6. The first kappa shape index (κ1) is 19.2. The summed E-state index contributed by atoms with van der Waals surface area (Å²) in [5.74, 6) is 0.673. The highest BCUT2D eigenvalue weighted by Crippen LogP contribution is 2.21. The van der Waals surface area contributed by atoms with Gasteiger partial charge in [-0.05, 0) is 20.0 Å². The first-order chi connectivity index (χ1) is 10.4. The van der Waals surface area contributed by atoms with Crippen LogP contribution in [0.5, 0.6) is 5.88 Å². The first-order valence-electron chi connectivity index (χ1n) is 6.53. The second-order valence-corrected chi connectivity index (χ2v) is 4.70. The molecule has 128 valence electrons. The molecule has 1 unspecified atom stereocenters. The van der Waals surface area contributed by atoms with Crippen LogP contribution in [0.3, 0.4) is 0 Å². The molecule has 0 aliphatic heterocycles. The molecule has 0 fully saturated rings. The Kier molecular flexibility index (Phi) is 6.77. The molecule has 2 aromatic heterocycles. The molecule has 0 saturated heterocycles. The Hall–Kier alpha value is -1.87. The molecule has 0 saturated carbocycles. The number of nitrogens with one attached hydrogen (secondary N) is 1. The van der Waals surface area contributed by atoms with Crippen molar-refractivity contribution in [2.45, 2.75) is 25.6 Å². The molecule has 1 N–H and O–H groups in total. The summed E-state index contributed by atoms with van der Waals surface area (Å²) in [5, 5.41) is 6.89. The third kappa shape index (κ3) is 6.03. The zero-order valence-corrected chi connectivity index (χ0v) is 13.2. The maximum atomic E-state index is 12.0. The summed E-state index contributed by atoms with van der Waals surface area (Å²) >= 11 is 0. The zero-order valence-electron chi connectivity index (χ0n) is 12.4. The minimum Gasteiger partial charge on any atom is -0.468 e. The molecule has 23 heavy (non-hydrogen) atoms. The summed E-state index contributed by atoms with van der Waals surface area (Å²) < 4.78 is 45.7. The van der Waals surface area contributed by atoms with Crippen LogP contribution in [0.25, 0.3) is 11.5 Å². The smallest absolute Gasteiger partial charge is 0.422 e. The molecule has 2 heterocycles. The number of rotatable bonds is 6. The number of pyridine rings is 1. The number of alkyl halides is 3. The van der Waals surface area contributed by atoms with E-state index in [9.17, 15) is 13.2 Å². The summed E-state index contributed by atoms with van der Waals surface area (Å²) in [6.45, 7) is 0.594. The molecule has 0 amide bonds. The van der Waals surface area contributed by atoms with E-state index >= 15 is 0 Å². The van der Waals surface area contributed by atoms with E-state index < -0.39 is 12.8 Å². The van der Waals surface area contributed by atoms with E-state index in [2.05, 4.69) is 25.2 Å². The molecule has 6 nitrogen and oxygen atoms in total. The van der Waals surface area contributed by atoms with Crippen molar-refractivity contribution in [2.75, 3.05) is 13.7 Å². The van der Waals surface area contributed by atoms with Gasteiger partial charge in [0.15, 0.2) is 12.4 Å². The lowest BCUT2D eigenvalue weighted by molar-refractivity contribution is -0.154. The van der Waals surface area contributed by atoms with Crippen LogP contribution >= 0.6 is 12.4 Å². The van der Waals surface area contributed by atoms with Gasteiger partial charge in [0.1, 0.15) is 0 Å². The largest absolute Gasteiger partial charge is 0.468 e. The molecule has 0 spiro atoms. The van der Waals surface area contributed by atoms with Crippen LogP contribution in [0.2, 0.25) is 0 Å². The van der Waals surface area contributed by atoms with E-state index in [0.717, 1.165) is 0 Å². The molecule has 0 aromatic carbocycles. The minimum atomic E-state index is -4.40. The molecule has 10 heteroatoms. The Morgan fingerprint density at radius 3 is 2.65 bits per heavy atom. The Balaban J connectivity index is 0.00000264. The molecule has 2 aromatic rings. The third-order valence-corrected chi connectivity index (χ3v) is 2.82. The number of nitrogens with zero attached hydrogens (tertiary/aromatic N) is 3. The number of likely N-dealkylation sites (N-methyl/N-ethyl adjacent to an activating group) is 1. The van der Waals surface area contributed by atoms with E-state index in [4.69, 9.17) is 4.52 Å². The van der Waals surface area contributed by atoms with Crippen LogP contribution < -0.4 is 10.1 Å². The summed E-state index contributed by atoms with van der Waals surface area (Å²) in [6, 6.07) is 3.03. The van der Waals surface area contributed by atoms with Gasteiger partial charge in [-0.3, -0.25) is 0 Å². The van der Waals surface area contributed by atoms with Crippen molar-refractivity contribution in [1.29, 1.82) is 0 Å². The molecule has 0 radical (unpaired) electrons. The fraction of sp³-hybridized carbons (Fsp3) is 0.462. The lowest BCUT2D eigenvalue weighted by Gasteiger charge is -2.07. The minimum absolute atomic E-state index is 0. The molecule has 2 rings (SSSR count). The summed E-state index contributed by atoms with van der Waals surface area (Å²) in [4.78, 5) is 7.99. The van der Waals surface area contributed by atoms with Gasteiger partial charge in [-0.15, -0.1) is 12.4 Å². The number of aromatic nitrogens is 3. The van der Waals surface area contributed by atoms with Crippen molar-refractivity contribution in [3.05, 3.63) is 24.2 Å².